The van der Waals surface area contributed by atoms with Gasteiger partial charge in [-0.05, 0) is 6.42 Å². The van der Waals surface area contributed by atoms with Gasteiger partial charge in [-0.1, -0.05) is 110 Å². The van der Waals surface area contributed by atoms with E-state index >= 15 is 0 Å². The van der Waals surface area contributed by atoms with Gasteiger partial charge in [-0.3, -0.25) is 4.79 Å². The molecule has 186 valence electrons. The molecule has 0 aromatic rings. The monoisotopic (exact) mass is 454 g/mol. The molecule has 1 N–H and O–H groups in total. The summed E-state index contributed by atoms with van der Waals surface area (Å²) in [7, 11) is 0. The quantitative estimate of drug-likeness (QED) is 0.0911. The first-order valence-corrected chi connectivity index (χ1v) is 12.3. The molecule has 6 nitrogen and oxygen atoms in total. The van der Waals surface area contributed by atoms with Gasteiger partial charge in [-0.25, -0.2) is 9.59 Å². The maximum Gasteiger partial charge on any atom is 0.331 e. The number of esters is 2. The summed E-state index contributed by atoms with van der Waals surface area (Å²) in [6.07, 6.45) is 23.8. The number of carboxylic acids is 1. The molecule has 0 amide bonds. The lowest BCUT2D eigenvalue weighted by molar-refractivity contribution is -0.139. The molecule has 0 saturated carbocycles. The third-order valence-corrected chi connectivity index (χ3v) is 4.85. The maximum absolute atomic E-state index is 11.1. The van der Waals surface area contributed by atoms with E-state index in [9.17, 15) is 14.4 Å². The van der Waals surface area contributed by atoms with Crippen LogP contribution in [0.2, 0.25) is 0 Å². The van der Waals surface area contributed by atoms with Gasteiger partial charge in [0, 0.05) is 19.1 Å². The molecule has 0 fully saturated rings. The molecule has 0 aromatic heterocycles. The van der Waals surface area contributed by atoms with Crippen LogP contribution in [0.5, 0.6) is 0 Å². The van der Waals surface area contributed by atoms with Gasteiger partial charge in [0.25, 0.3) is 0 Å². The van der Waals surface area contributed by atoms with Crippen molar-refractivity contribution in [2.75, 3.05) is 6.61 Å². The molecule has 0 radical (unpaired) electrons. The Kier molecular flexibility index (Phi) is 27.0. The van der Waals surface area contributed by atoms with Crippen LogP contribution in [0.3, 0.4) is 0 Å². The summed E-state index contributed by atoms with van der Waals surface area (Å²) in [6, 6.07) is 0. The molecule has 0 aliphatic rings. The number of aliphatic carboxylic acids is 1. The van der Waals surface area contributed by atoms with Crippen molar-refractivity contribution in [3.63, 3.8) is 0 Å². The van der Waals surface area contributed by atoms with Gasteiger partial charge >= 0.3 is 17.9 Å². The van der Waals surface area contributed by atoms with Gasteiger partial charge in [-0.2, -0.15) is 0 Å². The number of rotatable bonds is 20. The highest BCUT2D eigenvalue weighted by Crippen LogP contribution is 2.13. The lowest BCUT2D eigenvalue weighted by atomic mass is 10.0. The minimum atomic E-state index is -1.13. The Labute approximate surface area is 195 Å². The van der Waals surface area contributed by atoms with Crippen LogP contribution in [0.25, 0.3) is 0 Å². The molecule has 0 aromatic carbocycles. The van der Waals surface area contributed by atoms with Crippen LogP contribution in [-0.2, 0) is 23.9 Å². The fraction of sp³-hybridized carbons (Fsp3) is 0.731. The van der Waals surface area contributed by atoms with E-state index < -0.39 is 11.9 Å². The van der Waals surface area contributed by atoms with E-state index in [1.807, 2.05) is 0 Å². The Morgan fingerprint density at radius 2 is 1.12 bits per heavy atom. The van der Waals surface area contributed by atoms with Crippen molar-refractivity contribution in [1.29, 1.82) is 0 Å². The van der Waals surface area contributed by atoms with Crippen LogP contribution in [0.1, 0.15) is 117 Å². The number of ether oxygens (including phenoxy) is 2. The molecule has 32 heavy (non-hydrogen) atoms. The molecule has 0 heterocycles. The smallest absolute Gasteiger partial charge is 0.331 e. The fourth-order valence-electron chi connectivity index (χ4n) is 3.13. The molecule has 0 atom stereocenters. The van der Waals surface area contributed by atoms with Gasteiger partial charge < -0.3 is 14.6 Å². The van der Waals surface area contributed by atoms with E-state index in [4.69, 9.17) is 9.84 Å². The van der Waals surface area contributed by atoms with Crippen LogP contribution in [0.4, 0.5) is 0 Å². The van der Waals surface area contributed by atoms with Crippen molar-refractivity contribution in [2.24, 2.45) is 0 Å². The highest BCUT2D eigenvalue weighted by atomic mass is 16.5. The van der Waals surface area contributed by atoms with Gasteiger partial charge in [0.15, 0.2) is 0 Å². The summed E-state index contributed by atoms with van der Waals surface area (Å²) in [5.41, 5.74) is 0. The number of carboxylic acid groups (broad SMARTS) is 1. The second-order valence-electron chi connectivity index (χ2n) is 7.92. The van der Waals surface area contributed by atoms with Gasteiger partial charge in [0.05, 0.1) is 12.9 Å². The number of carbonyl (C=O) groups excluding carboxylic acids is 2. The highest BCUT2D eigenvalue weighted by molar-refractivity contribution is 5.90. The zero-order chi connectivity index (χ0) is 24.3. The van der Waals surface area contributed by atoms with Crippen molar-refractivity contribution in [3.8, 4) is 0 Å². The zero-order valence-electron chi connectivity index (χ0n) is 20.4. The number of hydrogen-bond donors (Lipinski definition) is 1. The van der Waals surface area contributed by atoms with E-state index in [2.05, 4.69) is 18.2 Å². The van der Waals surface area contributed by atoms with Crippen molar-refractivity contribution in [3.05, 3.63) is 25.0 Å². The molecule has 0 aliphatic heterocycles. The SMILES string of the molecule is C=COC(C)=O.CCCCCCCCCCCCCCCCCCOC(=O)/C=C\C(=O)O. The normalized spacial score (nSPS) is 10.3. The van der Waals surface area contributed by atoms with Crippen LogP contribution >= 0.6 is 0 Å². The summed E-state index contributed by atoms with van der Waals surface area (Å²) in [6.45, 7) is 7.12. The summed E-state index contributed by atoms with van der Waals surface area (Å²) in [5.74, 6) is -2.04. The van der Waals surface area contributed by atoms with E-state index in [1.165, 1.54) is 96.8 Å². The van der Waals surface area contributed by atoms with E-state index in [1.54, 1.807) is 0 Å². The molecule has 0 aliphatic carbocycles. The number of carbonyl (C=O) groups is 3. The molecular weight excluding hydrogens is 408 g/mol. The van der Waals surface area contributed by atoms with E-state index in [0.29, 0.717) is 6.61 Å². The molecule has 0 rings (SSSR count). The second kappa shape index (κ2) is 26.9. The average molecular weight is 455 g/mol. The summed E-state index contributed by atoms with van der Waals surface area (Å²) in [4.78, 5) is 31.1. The first-order valence-electron chi connectivity index (χ1n) is 12.3. The molecule has 6 heteroatoms. The lowest BCUT2D eigenvalue weighted by Gasteiger charge is -2.04. The topological polar surface area (TPSA) is 89.9 Å². The largest absolute Gasteiger partial charge is 0.478 e. The molecular formula is C26H46O6. The maximum atomic E-state index is 11.1. The van der Waals surface area contributed by atoms with Crippen LogP contribution in [-0.4, -0.2) is 29.6 Å². The van der Waals surface area contributed by atoms with Crippen LogP contribution < -0.4 is 0 Å². The summed E-state index contributed by atoms with van der Waals surface area (Å²) < 4.78 is 9.09. The first-order chi connectivity index (χ1) is 15.4. The minimum Gasteiger partial charge on any atom is -0.478 e. The molecule has 0 unspecified atom stereocenters. The predicted molar refractivity (Wildman–Crippen MR) is 129 cm³/mol. The van der Waals surface area contributed by atoms with Crippen molar-refractivity contribution >= 4 is 17.9 Å². The predicted octanol–water partition coefficient (Wildman–Crippen LogP) is 7.12. The molecule has 0 spiro atoms. The van der Waals surface area contributed by atoms with E-state index in [-0.39, 0.29) is 5.97 Å². The molecule has 0 saturated heterocycles. The minimum absolute atomic E-state index is 0.329. The molecule has 0 bridgehead atoms. The summed E-state index contributed by atoms with van der Waals surface area (Å²) in [5, 5.41) is 8.39. The Bertz CT molecular complexity index is 499. The second-order valence-corrected chi connectivity index (χ2v) is 7.92. The van der Waals surface area contributed by atoms with Gasteiger partial charge in [0.1, 0.15) is 0 Å². The van der Waals surface area contributed by atoms with Crippen molar-refractivity contribution < 1.29 is 29.0 Å². The van der Waals surface area contributed by atoms with Crippen LogP contribution in [0.15, 0.2) is 25.0 Å². The van der Waals surface area contributed by atoms with Gasteiger partial charge in [0.2, 0.25) is 0 Å². The zero-order valence-corrected chi connectivity index (χ0v) is 20.4. The van der Waals surface area contributed by atoms with E-state index in [0.717, 1.165) is 31.3 Å². The third-order valence-electron chi connectivity index (χ3n) is 4.85. The highest BCUT2D eigenvalue weighted by Gasteiger charge is 1.98. The summed E-state index contributed by atoms with van der Waals surface area (Å²) >= 11 is 0. The fourth-order valence-corrected chi connectivity index (χ4v) is 3.13. The standard InChI is InChI=1S/C22H40O4.C4H6O2/c1-2-3-4-5-6-7-8-9-10-11-12-13-14-15-16-17-20-26-22(25)19-18-21(23)24;1-3-6-4(2)5/h18-19H,2-17,20H2,1H3,(H,23,24);3H,1H2,2H3/b19-18-;. The number of unbranched alkanes of at least 4 members (excludes halogenated alkanes) is 15. The van der Waals surface area contributed by atoms with Gasteiger partial charge in [-0.15, -0.1) is 0 Å². The van der Waals surface area contributed by atoms with Crippen molar-refractivity contribution in [1.82, 2.24) is 0 Å². The third kappa shape index (κ3) is 32.6. The lowest BCUT2D eigenvalue weighted by Crippen LogP contribution is -2.03. The average Bonchev–Trinajstić information content (AvgIpc) is 2.74. The van der Waals surface area contributed by atoms with Crippen LogP contribution in [0, 0.1) is 0 Å². The Balaban J connectivity index is 0. The Hall–Kier alpha value is -2.11. The first kappa shape index (κ1) is 32.1. The van der Waals surface area contributed by atoms with Crippen molar-refractivity contribution in [2.45, 2.75) is 117 Å². The Morgan fingerprint density at radius 3 is 1.44 bits per heavy atom. The Morgan fingerprint density at radius 1 is 0.719 bits per heavy atom. The number of hydrogen-bond acceptors (Lipinski definition) is 5.